The lowest BCUT2D eigenvalue weighted by molar-refractivity contribution is 0.353. The zero-order chi connectivity index (χ0) is 40.3. The highest BCUT2D eigenvalue weighted by molar-refractivity contribution is 6.05. The van der Waals surface area contributed by atoms with E-state index in [1.807, 2.05) is 30.3 Å². The standard InChI is InChI=1S/C57H41N3O/c1-3-13-37(14-4-1)38-23-27-40(28-24-38)54-58-55(60-56(59-54)44-31-32-47-46-17-6-8-22-51(46)61-52(47)36-44)41-29-25-39(26-30-41)42-15-11-16-43(35-42)45-19-12-21-50-53(45)48-18-5-7-20-49(48)57(50)33-9-2-10-34-57/h1,3-8,11-32,35-36H,2,9-10,33-34H2. The van der Waals surface area contributed by atoms with Crippen LogP contribution in [0, 0.1) is 0 Å². The van der Waals surface area contributed by atoms with Crippen molar-refractivity contribution in [3.63, 3.8) is 0 Å². The molecule has 2 heterocycles. The highest BCUT2D eigenvalue weighted by atomic mass is 16.3. The largest absolute Gasteiger partial charge is 0.456 e. The summed E-state index contributed by atoms with van der Waals surface area (Å²) >= 11 is 0. The van der Waals surface area contributed by atoms with Crippen LogP contribution in [0.25, 0.3) is 101 Å². The maximum Gasteiger partial charge on any atom is 0.164 e. The normalized spacial score (nSPS) is 14.0. The zero-order valence-electron chi connectivity index (χ0n) is 33.7. The van der Waals surface area contributed by atoms with E-state index >= 15 is 0 Å². The van der Waals surface area contributed by atoms with Crippen molar-refractivity contribution in [3.8, 4) is 78.7 Å². The number of aromatic nitrogens is 3. The molecule has 1 fully saturated rings. The van der Waals surface area contributed by atoms with E-state index in [4.69, 9.17) is 19.4 Å². The van der Waals surface area contributed by atoms with Crippen molar-refractivity contribution in [2.45, 2.75) is 37.5 Å². The van der Waals surface area contributed by atoms with Crippen molar-refractivity contribution in [3.05, 3.63) is 199 Å². The van der Waals surface area contributed by atoms with Crippen LogP contribution < -0.4 is 0 Å². The molecule has 1 saturated carbocycles. The first-order valence-electron chi connectivity index (χ1n) is 21.5. The Morgan fingerprint density at radius 2 is 0.869 bits per heavy atom. The van der Waals surface area contributed by atoms with Crippen molar-refractivity contribution >= 4 is 21.9 Å². The second-order valence-corrected chi connectivity index (χ2v) is 16.6. The third kappa shape index (κ3) is 6.01. The lowest BCUT2D eigenvalue weighted by Gasteiger charge is -2.36. The summed E-state index contributed by atoms with van der Waals surface area (Å²) in [6, 6.07) is 67.1. The number of rotatable bonds is 6. The first-order chi connectivity index (χ1) is 30.2. The van der Waals surface area contributed by atoms with Crippen molar-refractivity contribution in [1.82, 2.24) is 15.0 Å². The molecule has 0 radical (unpaired) electrons. The first-order valence-corrected chi connectivity index (χ1v) is 21.5. The van der Waals surface area contributed by atoms with E-state index < -0.39 is 0 Å². The van der Waals surface area contributed by atoms with Crippen molar-refractivity contribution in [2.24, 2.45) is 0 Å². The maximum absolute atomic E-state index is 6.28. The molecule has 0 saturated heterocycles. The molecule has 1 spiro atoms. The summed E-state index contributed by atoms with van der Waals surface area (Å²) in [7, 11) is 0. The topological polar surface area (TPSA) is 51.8 Å². The fourth-order valence-corrected chi connectivity index (χ4v) is 10.2. The number of hydrogen-bond acceptors (Lipinski definition) is 4. The summed E-state index contributed by atoms with van der Waals surface area (Å²) in [6.07, 6.45) is 6.37. The molecule has 290 valence electrons. The monoisotopic (exact) mass is 783 g/mol. The van der Waals surface area contributed by atoms with Gasteiger partial charge in [-0.05, 0) is 92.7 Å². The third-order valence-corrected chi connectivity index (χ3v) is 13.2. The summed E-state index contributed by atoms with van der Waals surface area (Å²) in [5.74, 6) is 1.83. The van der Waals surface area contributed by atoms with E-state index in [2.05, 4.69) is 158 Å². The Morgan fingerprint density at radius 1 is 0.344 bits per heavy atom. The SMILES string of the molecule is c1ccc(-c2ccc(-c3nc(-c4ccc(-c5cccc(-c6cccc7c6-c6ccccc6C76CCCCC6)c5)cc4)nc(-c4ccc5c(c4)oc4ccccc45)n3)cc2)cc1. The van der Waals surface area contributed by atoms with E-state index in [1.54, 1.807) is 0 Å². The number of hydrogen-bond donors (Lipinski definition) is 0. The quantitative estimate of drug-likeness (QED) is 0.169. The van der Waals surface area contributed by atoms with Crippen molar-refractivity contribution in [1.29, 1.82) is 0 Å². The molecule has 4 nitrogen and oxygen atoms in total. The van der Waals surface area contributed by atoms with Gasteiger partial charge in [-0.3, -0.25) is 0 Å². The van der Waals surface area contributed by atoms with Crippen LogP contribution in [0.4, 0.5) is 0 Å². The molecule has 0 atom stereocenters. The van der Waals surface area contributed by atoms with E-state index in [9.17, 15) is 0 Å². The second kappa shape index (κ2) is 14.4. The van der Waals surface area contributed by atoms with Gasteiger partial charge in [-0.1, -0.05) is 183 Å². The summed E-state index contributed by atoms with van der Waals surface area (Å²) in [5.41, 5.74) is 17.6. The zero-order valence-corrected chi connectivity index (χ0v) is 33.7. The Balaban J connectivity index is 0.919. The Hall–Kier alpha value is -7.43. The summed E-state index contributed by atoms with van der Waals surface area (Å²) < 4.78 is 6.28. The van der Waals surface area contributed by atoms with Gasteiger partial charge in [0.15, 0.2) is 17.5 Å². The second-order valence-electron chi connectivity index (χ2n) is 16.6. The molecule has 0 amide bonds. The molecule has 2 aliphatic rings. The van der Waals surface area contributed by atoms with E-state index in [0.29, 0.717) is 17.5 Å². The van der Waals surface area contributed by atoms with Gasteiger partial charge in [-0.2, -0.15) is 0 Å². The molecule has 8 aromatic carbocycles. The lowest BCUT2D eigenvalue weighted by atomic mass is 9.68. The number of benzene rings is 8. The molecule has 12 rings (SSSR count). The first kappa shape index (κ1) is 35.5. The lowest BCUT2D eigenvalue weighted by Crippen LogP contribution is -2.27. The number of para-hydroxylation sites is 1. The minimum atomic E-state index is 0.133. The summed E-state index contributed by atoms with van der Waals surface area (Å²) in [6.45, 7) is 0. The Labute approximate surface area is 355 Å². The molecule has 4 heteroatoms. The van der Waals surface area contributed by atoms with E-state index in [1.165, 1.54) is 76.6 Å². The van der Waals surface area contributed by atoms with Crippen molar-refractivity contribution in [2.75, 3.05) is 0 Å². The average molecular weight is 784 g/mol. The predicted octanol–water partition coefficient (Wildman–Crippen LogP) is 15.0. The molecule has 0 bridgehead atoms. The molecular formula is C57H41N3O. The minimum absolute atomic E-state index is 0.133. The van der Waals surface area contributed by atoms with Gasteiger partial charge in [0.1, 0.15) is 11.2 Å². The molecule has 0 aliphatic heterocycles. The smallest absolute Gasteiger partial charge is 0.164 e. The third-order valence-electron chi connectivity index (χ3n) is 13.2. The Morgan fingerprint density at radius 3 is 1.64 bits per heavy atom. The van der Waals surface area contributed by atoms with Crippen LogP contribution in [-0.2, 0) is 5.41 Å². The van der Waals surface area contributed by atoms with Gasteiger partial charge in [0.05, 0.1) is 0 Å². The van der Waals surface area contributed by atoms with Crippen LogP contribution in [0.2, 0.25) is 0 Å². The van der Waals surface area contributed by atoms with Crippen molar-refractivity contribution < 1.29 is 4.42 Å². The molecule has 2 aromatic heterocycles. The van der Waals surface area contributed by atoms with Gasteiger partial charge < -0.3 is 4.42 Å². The van der Waals surface area contributed by atoms with Gasteiger partial charge in [-0.25, -0.2) is 15.0 Å². The highest BCUT2D eigenvalue weighted by Gasteiger charge is 2.44. The van der Waals surface area contributed by atoms with Crippen LogP contribution in [-0.4, -0.2) is 15.0 Å². The Bertz CT molecular complexity index is 3270. The molecule has 0 unspecified atom stereocenters. The fraction of sp³-hybridized carbons (Fsp3) is 0.105. The van der Waals surface area contributed by atoms with Crippen LogP contribution in [0.5, 0.6) is 0 Å². The maximum atomic E-state index is 6.28. The average Bonchev–Trinajstić information content (AvgIpc) is 3.84. The highest BCUT2D eigenvalue weighted by Crippen LogP contribution is 2.57. The number of nitrogens with zero attached hydrogens (tertiary/aromatic N) is 3. The number of furan rings is 1. The summed E-state index contributed by atoms with van der Waals surface area (Å²) in [5, 5.41) is 2.16. The summed E-state index contributed by atoms with van der Waals surface area (Å²) in [4.78, 5) is 15.3. The van der Waals surface area contributed by atoms with Gasteiger partial charge >= 0.3 is 0 Å². The molecule has 10 aromatic rings. The molecule has 61 heavy (non-hydrogen) atoms. The van der Waals surface area contributed by atoms with Crippen LogP contribution in [0.1, 0.15) is 43.2 Å². The molecule has 0 N–H and O–H groups in total. The van der Waals surface area contributed by atoms with Gasteiger partial charge in [0.25, 0.3) is 0 Å². The minimum Gasteiger partial charge on any atom is -0.456 e. The van der Waals surface area contributed by atoms with Crippen LogP contribution in [0.3, 0.4) is 0 Å². The van der Waals surface area contributed by atoms with E-state index in [0.717, 1.165) is 49.8 Å². The Kier molecular flexibility index (Phi) is 8.38. The van der Waals surface area contributed by atoms with Gasteiger partial charge in [0.2, 0.25) is 0 Å². The van der Waals surface area contributed by atoms with Gasteiger partial charge in [0, 0.05) is 32.9 Å². The van der Waals surface area contributed by atoms with Gasteiger partial charge in [-0.15, -0.1) is 0 Å². The van der Waals surface area contributed by atoms with Crippen LogP contribution >= 0.6 is 0 Å². The molecular weight excluding hydrogens is 743 g/mol. The number of fused-ring (bicyclic) bond motifs is 8. The van der Waals surface area contributed by atoms with Crippen LogP contribution in [0.15, 0.2) is 192 Å². The van der Waals surface area contributed by atoms with E-state index in [-0.39, 0.29) is 5.41 Å². The fourth-order valence-electron chi connectivity index (χ4n) is 10.2. The molecule has 2 aliphatic carbocycles. The predicted molar refractivity (Wildman–Crippen MR) is 249 cm³/mol.